The van der Waals surface area contributed by atoms with E-state index in [9.17, 15) is 20.1 Å². The Morgan fingerprint density at radius 2 is 1.83 bits per heavy atom. The first-order chi connectivity index (χ1) is 16.6. The lowest BCUT2D eigenvalue weighted by Crippen LogP contribution is -2.60. The van der Waals surface area contributed by atoms with Gasteiger partial charge >= 0.3 is 5.97 Å². The minimum absolute atomic E-state index is 0.0195. The van der Waals surface area contributed by atoms with Crippen LogP contribution in [-0.2, 0) is 20.8 Å². The molecule has 8 nitrogen and oxygen atoms in total. The molecule has 5 atom stereocenters. The van der Waals surface area contributed by atoms with Gasteiger partial charge in [0.1, 0.15) is 18.3 Å². The molecule has 1 aliphatic heterocycles. The Hall–Kier alpha value is -2.77. The predicted molar refractivity (Wildman–Crippen MR) is 131 cm³/mol. The average molecular weight is 484 g/mol. The number of fused-ring (bicyclic) bond motifs is 1. The van der Waals surface area contributed by atoms with Gasteiger partial charge in [-0.3, -0.25) is 4.90 Å². The smallest absolute Gasteiger partial charge is 0.335 e. The molecule has 1 saturated heterocycles. The van der Waals surface area contributed by atoms with E-state index in [0.29, 0.717) is 6.54 Å². The van der Waals surface area contributed by atoms with E-state index in [1.165, 1.54) is 16.3 Å². The highest BCUT2D eigenvalue weighted by Crippen LogP contribution is 2.25. The fourth-order valence-electron chi connectivity index (χ4n) is 3.83. The highest BCUT2D eigenvalue weighted by molar-refractivity contribution is 5.85. The van der Waals surface area contributed by atoms with Crippen molar-refractivity contribution >= 4 is 16.7 Å². The molecule has 0 bridgehead atoms. The molecule has 0 radical (unpaired) electrons. The Bertz CT molecular complexity index is 1100. The number of hydrogen-bond donors (Lipinski definition) is 4. The first-order valence-electron chi connectivity index (χ1n) is 11.5. The van der Waals surface area contributed by atoms with E-state index in [-0.39, 0.29) is 6.61 Å². The number of allylic oxidation sites excluding steroid dienone is 1. The molecular weight excluding hydrogens is 450 g/mol. The third kappa shape index (κ3) is 7.12. The average Bonchev–Trinajstić information content (AvgIpc) is 2.82. The third-order valence-electron chi connectivity index (χ3n) is 5.77. The van der Waals surface area contributed by atoms with Gasteiger partial charge in [-0.15, -0.1) is 0 Å². The number of carboxylic acid groups (broad SMARTS) is 1. The van der Waals surface area contributed by atoms with Crippen molar-refractivity contribution in [2.24, 2.45) is 5.41 Å². The van der Waals surface area contributed by atoms with Crippen molar-refractivity contribution < 1.29 is 34.7 Å². The van der Waals surface area contributed by atoms with Crippen LogP contribution in [0.5, 0.6) is 0 Å². The largest absolute Gasteiger partial charge is 0.479 e. The lowest BCUT2D eigenvalue weighted by atomic mass is 9.95. The van der Waals surface area contributed by atoms with Crippen molar-refractivity contribution in [2.75, 3.05) is 20.2 Å². The SMILES string of the molecule is CN(CC=CC#CC(C)(C)CO[C@H]1OC(C(=O)O)[C@H](O)[C@@H](O)[C@@H]1O)Cc1cccc2ccccc12. The maximum absolute atomic E-state index is 11.2. The minimum atomic E-state index is -1.75. The van der Waals surface area contributed by atoms with Crippen molar-refractivity contribution in [1.29, 1.82) is 0 Å². The zero-order valence-electron chi connectivity index (χ0n) is 20.2. The van der Waals surface area contributed by atoms with Crippen molar-refractivity contribution in [2.45, 2.75) is 51.1 Å². The van der Waals surface area contributed by atoms with Crippen molar-refractivity contribution in [3.8, 4) is 11.8 Å². The topological polar surface area (TPSA) is 120 Å². The first kappa shape index (κ1) is 26.8. The number of likely N-dealkylation sites (N-methyl/N-ethyl adjacent to an activating group) is 1. The van der Waals surface area contributed by atoms with Crippen molar-refractivity contribution in [3.05, 3.63) is 60.2 Å². The van der Waals surface area contributed by atoms with E-state index in [0.717, 1.165) is 6.54 Å². The summed E-state index contributed by atoms with van der Waals surface area (Å²) < 4.78 is 10.6. The normalized spacial score (nSPS) is 25.1. The highest BCUT2D eigenvalue weighted by Gasteiger charge is 2.47. The summed E-state index contributed by atoms with van der Waals surface area (Å²) in [6, 6.07) is 14.6. The van der Waals surface area contributed by atoms with Gasteiger partial charge in [-0.25, -0.2) is 4.79 Å². The molecule has 8 heteroatoms. The quantitative estimate of drug-likeness (QED) is 0.420. The molecule has 0 aromatic heterocycles. The second kappa shape index (κ2) is 11.8. The summed E-state index contributed by atoms with van der Waals surface area (Å²) in [6.07, 6.45) is -4.37. The molecule has 4 N–H and O–H groups in total. The van der Waals surface area contributed by atoms with Gasteiger partial charge in [0.15, 0.2) is 12.4 Å². The van der Waals surface area contributed by atoms with E-state index in [2.05, 4.69) is 47.1 Å². The van der Waals surface area contributed by atoms with Crippen LogP contribution in [0.15, 0.2) is 54.6 Å². The molecule has 3 rings (SSSR count). The van der Waals surface area contributed by atoms with Gasteiger partial charge in [0.05, 0.1) is 6.61 Å². The Balaban J connectivity index is 1.50. The molecule has 1 unspecified atom stereocenters. The Morgan fingerprint density at radius 1 is 1.11 bits per heavy atom. The van der Waals surface area contributed by atoms with E-state index >= 15 is 0 Å². The minimum Gasteiger partial charge on any atom is -0.479 e. The van der Waals surface area contributed by atoms with Gasteiger partial charge in [0.2, 0.25) is 0 Å². The second-order valence-electron chi connectivity index (χ2n) is 9.44. The summed E-state index contributed by atoms with van der Waals surface area (Å²) in [7, 11) is 2.04. The maximum Gasteiger partial charge on any atom is 0.335 e. The monoisotopic (exact) mass is 483 g/mol. The summed E-state index contributed by atoms with van der Waals surface area (Å²) in [5, 5.41) is 41.3. The molecule has 35 heavy (non-hydrogen) atoms. The molecule has 1 heterocycles. The number of rotatable bonds is 8. The van der Waals surface area contributed by atoms with Gasteiger partial charge in [0.25, 0.3) is 0 Å². The fourth-order valence-corrected chi connectivity index (χ4v) is 3.83. The Labute approximate surface area is 205 Å². The summed E-state index contributed by atoms with van der Waals surface area (Å²) >= 11 is 0. The van der Waals surface area contributed by atoms with E-state index in [1.807, 2.05) is 39.1 Å². The van der Waals surface area contributed by atoms with Crippen LogP contribution in [0, 0.1) is 17.3 Å². The van der Waals surface area contributed by atoms with Gasteiger partial charge in [-0.2, -0.15) is 0 Å². The summed E-state index contributed by atoms with van der Waals surface area (Å²) in [5.74, 6) is 4.61. The Morgan fingerprint density at radius 3 is 2.57 bits per heavy atom. The van der Waals surface area contributed by atoms with Crippen LogP contribution in [0.2, 0.25) is 0 Å². The van der Waals surface area contributed by atoms with Crippen molar-refractivity contribution in [1.82, 2.24) is 4.90 Å². The summed E-state index contributed by atoms with van der Waals surface area (Å²) in [5.41, 5.74) is 0.625. The number of nitrogens with zero attached hydrogens (tertiary/aromatic N) is 1. The standard InChI is InChI=1S/C27H33NO7/c1-27(2,17-34-26-23(31)21(29)22(30)24(35-26)25(32)33)14-7-4-8-15-28(3)16-19-12-9-11-18-10-5-6-13-20(18)19/h4-6,8-13,21-24,26,29-31H,15-17H2,1-3H3,(H,32,33)/t21-,22-,23+,24?,26+/m1/s1. The van der Waals surface area contributed by atoms with Crippen LogP contribution in [-0.4, -0.2) is 82.2 Å². The van der Waals surface area contributed by atoms with Crippen LogP contribution in [0.1, 0.15) is 19.4 Å². The molecular formula is C27H33NO7. The fraction of sp³-hybridized carbons (Fsp3) is 0.444. The third-order valence-corrected chi connectivity index (χ3v) is 5.77. The van der Waals surface area contributed by atoms with E-state index in [4.69, 9.17) is 14.6 Å². The second-order valence-corrected chi connectivity index (χ2v) is 9.44. The number of aliphatic hydroxyl groups excluding tert-OH is 3. The maximum atomic E-state index is 11.2. The van der Waals surface area contributed by atoms with Crippen LogP contribution in [0.25, 0.3) is 10.8 Å². The van der Waals surface area contributed by atoms with Crippen molar-refractivity contribution in [3.63, 3.8) is 0 Å². The number of hydrogen-bond acceptors (Lipinski definition) is 7. The molecule has 0 aliphatic carbocycles. The van der Waals surface area contributed by atoms with Crippen LogP contribution < -0.4 is 0 Å². The molecule has 0 amide bonds. The number of benzene rings is 2. The zero-order valence-corrected chi connectivity index (χ0v) is 20.2. The molecule has 1 fully saturated rings. The predicted octanol–water partition coefficient (Wildman–Crippen LogP) is 1.77. The van der Waals surface area contributed by atoms with Crippen LogP contribution in [0.4, 0.5) is 0 Å². The molecule has 1 aliphatic rings. The van der Waals surface area contributed by atoms with Gasteiger partial charge in [-0.1, -0.05) is 60.4 Å². The number of aliphatic carboxylic acids is 1. The van der Waals surface area contributed by atoms with Gasteiger partial charge in [-0.05, 0) is 43.3 Å². The van der Waals surface area contributed by atoms with Gasteiger partial charge in [0, 0.05) is 18.5 Å². The molecule has 188 valence electrons. The highest BCUT2D eigenvalue weighted by atomic mass is 16.7. The first-order valence-corrected chi connectivity index (χ1v) is 11.5. The van der Waals surface area contributed by atoms with E-state index in [1.54, 1.807) is 6.08 Å². The molecule has 0 saturated carbocycles. The van der Waals surface area contributed by atoms with Gasteiger partial charge < -0.3 is 29.9 Å². The van der Waals surface area contributed by atoms with E-state index < -0.39 is 42.1 Å². The number of carboxylic acids is 1. The number of carbonyl (C=O) groups is 1. The van der Waals surface area contributed by atoms with Crippen LogP contribution in [0.3, 0.4) is 0 Å². The van der Waals surface area contributed by atoms with Crippen LogP contribution >= 0.6 is 0 Å². The Kier molecular flexibility index (Phi) is 9.03. The number of ether oxygens (including phenoxy) is 2. The summed E-state index contributed by atoms with van der Waals surface area (Å²) in [6.45, 7) is 5.20. The zero-order chi connectivity index (χ0) is 25.6. The number of aliphatic hydroxyl groups is 3. The molecule has 2 aromatic rings. The lowest BCUT2D eigenvalue weighted by Gasteiger charge is -2.39. The lowest BCUT2D eigenvalue weighted by molar-refractivity contribution is -0.297. The molecule has 2 aromatic carbocycles. The molecule has 0 spiro atoms. The summed E-state index contributed by atoms with van der Waals surface area (Å²) in [4.78, 5) is 13.4.